The fourth-order valence-corrected chi connectivity index (χ4v) is 5.78. The summed E-state index contributed by atoms with van der Waals surface area (Å²) in [6.45, 7) is 4.25. The predicted octanol–water partition coefficient (Wildman–Crippen LogP) is 2.83. The van der Waals surface area contributed by atoms with Crippen LogP contribution in [-0.4, -0.2) is 78.4 Å². The molecule has 1 saturated heterocycles. The lowest BCUT2D eigenvalue weighted by atomic mass is 9.92. The van der Waals surface area contributed by atoms with E-state index in [1.165, 1.54) is 0 Å². The Morgan fingerprint density at radius 3 is 2.73 bits per heavy atom. The summed E-state index contributed by atoms with van der Waals surface area (Å²) >= 11 is 0. The second-order valence-corrected chi connectivity index (χ2v) is 12.1. The molecule has 0 spiro atoms. The number of carbonyl (C=O) groups is 1. The van der Waals surface area contributed by atoms with E-state index in [0.717, 1.165) is 31.4 Å². The van der Waals surface area contributed by atoms with Gasteiger partial charge in [0.2, 0.25) is 10.0 Å². The molecule has 1 aromatic carbocycles. The molecule has 0 saturated carbocycles. The van der Waals surface area contributed by atoms with Gasteiger partial charge in [0.15, 0.2) is 5.82 Å². The zero-order valence-corrected chi connectivity index (χ0v) is 23.3. The maximum atomic E-state index is 13.6. The third kappa shape index (κ3) is 6.54. The Bertz CT molecular complexity index is 1440. The lowest BCUT2D eigenvalue weighted by Gasteiger charge is -2.41. The molecule has 2 aromatic heterocycles. The summed E-state index contributed by atoms with van der Waals surface area (Å²) in [5.74, 6) is 0.192. The highest BCUT2D eigenvalue weighted by Gasteiger charge is 2.32. The number of nitrogens with one attached hydrogen (secondary N) is 3. The van der Waals surface area contributed by atoms with Gasteiger partial charge in [-0.15, -0.1) is 0 Å². The van der Waals surface area contributed by atoms with E-state index in [-0.39, 0.29) is 11.5 Å². The van der Waals surface area contributed by atoms with E-state index < -0.39 is 22.4 Å². The molecule has 0 aliphatic carbocycles. The third-order valence-electron chi connectivity index (χ3n) is 7.22. The highest BCUT2D eigenvalue weighted by molar-refractivity contribution is 7.92. The number of piperidine rings is 1. The van der Waals surface area contributed by atoms with Gasteiger partial charge in [-0.1, -0.05) is 0 Å². The SMILES string of the molecule is CC12CCN(CC1)c1cc(NS(=O)(=O)CCO)ccc1C(=O)Nc1ccc(-n3cccn3)c(n1)NCCCCO2. The molecule has 3 aromatic rings. The summed E-state index contributed by atoms with van der Waals surface area (Å²) < 4.78 is 35.2. The predicted molar refractivity (Wildman–Crippen MR) is 154 cm³/mol. The third-order valence-corrected chi connectivity index (χ3v) is 8.49. The van der Waals surface area contributed by atoms with Crippen LogP contribution in [0.25, 0.3) is 5.69 Å². The molecule has 0 atom stereocenters. The minimum Gasteiger partial charge on any atom is -0.395 e. The van der Waals surface area contributed by atoms with E-state index in [4.69, 9.17) is 9.84 Å². The number of hydrogen-bond donors (Lipinski definition) is 4. The first-order valence-electron chi connectivity index (χ1n) is 13.5. The van der Waals surface area contributed by atoms with Crippen molar-refractivity contribution in [2.75, 3.05) is 58.9 Å². The van der Waals surface area contributed by atoms with Crippen LogP contribution >= 0.6 is 0 Å². The van der Waals surface area contributed by atoms with Crippen LogP contribution in [0.2, 0.25) is 0 Å². The summed E-state index contributed by atoms with van der Waals surface area (Å²) in [5, 5.41) is 19.7. The molecule has 1 amide bonds. The van der Waals surface area contributed by atoms with E-state index in [1.54, 1.807) is 35.1 Å². The highest BCUT2D eigenvalue weighted by atomic mass is 32.2. The van der Waals surface area contributed by atoms with Gasteiger partial charge >= 0.3 is 0 Å². The average Bonchev–Trinajstić information content (AvgIpc) is 3.45. The Balaban J connectivity index is 1.50. The van der Waals surface area contributed by atoms with E-state index in [2.05, 4.69) is 37.3 Å². The van der Waals surface area contributed by atoms with E-state index in [1.807, 2.05) is 18.3 Å². The van der Waals surface area contributed by atoms with Crippen LogP contribution in [0.1, 0.15) is 43.0 Å². The number of aromatic nitrogens is 3. The number of nitrogens with zero attached hydrogens (tertiary/aromatic N) is 4. The molecular weight excluding hydrogens is 534 g/mol. The smallest absolute Gasteiger partial charge is 0.258 e. The highest BCUT2D eigenvalue weighted by Crippen LogP contribution is 2.33. The topological polar surface area (TPSA) is 151 Å². The molecule has 40 heavy (non-hydrogen) atoms. The van der Waals surface area contributed by atoms with E-state index >= 15 is 0 Å². The number of benzene rings is 1. The number of carbonyl (C=O) groups excluding carboxylic acids is 1. The molecular formula is C27H35N7O5S. The molecule has 0 unspecified atom stereocenters. The number of pyridine rings is 1. The number of rotatable bonds is 5. The standard InChI is InChI=1S/C27H35N7O5S/c1-27-9-14-33(15-10-27)23-19-20(32-40(37,38)18-16-35)5-6-21(23)26(36)31-24-8-7-22(34-13-4-12-29-34)25(30-24)28-11-2-3-17-39-27/h4-8,12-13,19,32,35H,2-3,9-11,14-18H2,1H3,(H2,28,30,31,36). The normalized spacial score (nSPS) is 17.9. The van der Waals surface area contributed by atoms with Crippen molar-refractivity contribution in [1.29, 1.82) is 0 Å². The second kappa shape index (κ2) is 11.8. The van der Waals surface area contributed by atoms with Gasteiger partial charge in [-0.05, 0) is 69.0 Å². The van der Waals surface area contributed by atoms with Crippen molar-refractivity contribution in [3.8, 4) is 5.69 Å². The molecule has 13 heteroatoms. The van der Waals surface area contributed by atoms with Gasteiger partial charge in [0.25, 0.3) is 5.91 Å². The van der Waals surface area contributed by atoms with Crippen molar-refractivity contribution in [1.82, 2.24) is 14.8 Å². The molecule has 5 heterocycles. The van der Waals surface area contributed by atoms with Crippen LogP contribution < -0.4 is 20.3 Å². The molecule has 3 aliphatic rings. The summed E-state index contributed by atoms with van der Waals surface area (Å²) in [6, 6.07) is 10.2. The van der Waals surface area contributed by atoms with Crippen molar-refractivity contribution >= 4 is 38.9 Å². The number of aliphatic hydroxyl groups excluding tert-OH is 1. The van der Waals surface area contributed by atoms with Gasteiger partial charge in [-0.3, -0.25) is 9.52 Å². The Hall–Kier alpha value is -3.68. The molecule has 0 radical (unpaired) electrons. The van der Waals surface area contributed by atoms with Crippen LogP contribution in [0.15, 0.2) is 48.8 Å². The number of amides is 1. The number of aliphatic hydroxyl groups is 1. The lowest BCUT2D eigenvalue weighted by Crippen LogP contribution is -2.45. The van der Waals surface area contributed by atoms with Crippen LogP contribution in [0.3, 0.4) is 0 Å². The summed E-state index contributed by atoms with van der Waals surface area (Å²) in [7, 11) is -3.73. The fraction of sp³-hybridized carbons (Fsp3) is 0.444. The monoisotopic (exact) mass is 569 g/mol. The molecule has 6 rings (SSSR count). The first-order valence-corrected chi connectivity index (χ1v) is 15.1. The number of fused-ring (bicyclic) bond motifs is 8. The van der Waals surface area contributed by atoms with Gasteiger partial charge in [-0.2, -0.15) is 5.10 Å². The van der Waals surface area contributed by atoms with Crippen molar-refractivity contribution in [2.24, 2.45) is 0 Å². The van der Waals surface area contributed by atoms with E-state index in [9.17, 15) is 13.2 Å². The Morgan fingerprint density at radius 1 is 1.15 bits per heavy atom. The van der Waals surface area contributed by atoms with Crippen LogP contribution in [0.4, 0.5) is 23.0 Å². The van der Waals surface area contributed by atoms with Crippen molar-refractivity contribution < 1.29 is 23.1 Å². The lowest BCUT2D eigenvalue weighted by molar-refractivity contribution is -0.0488. The zero-order valence-electron chi connectivity index (χ0n) is 22.5. The van der Waals surface area contributed by atoms with Crippen molar-refractivity contribution in [2.45, 2.75) is 38.2 Å². The Kier molecular flexibility index (Phi) is 8.24. The zero-order chi connectivity index (χ0) is 28.2. The molecule has 4 bridgehead atoms. The molecule has 3 aliphatic heterocycles. The van der Waals surface area contributed by atoms with Crippen molar-refractivity contribution in [3.05, 3.63) is 54.4 Å². The molecule has 214 valence electrons. The van der Waals surface area contributed by atoms with Crippen LogP contribution in [0.5, 0.6) is 0 Å². The Labute approximate surface area is 233 Å². The Morgan fingerprint density at radius 2 is 1.98 bits per heavy atom. The van der Waals surface area contributed by atoms with Crippen LogP contribution in [-0.2, 0) is 14.8 Å². The summed E-state index contributed by atoms with van der Waals surface area (Å²) in [6.07, 6.45) is 6.83. The minimum atomic E-state index is -3.73. The maximum Gasteiger partial charge on any atom is 0.258 e. The average molecular weight is 570 g/mol. The largest absolute Gasteiger partial charge is 0.395 e. The molecule has 1 fully saturated rings. The number of ether oxygens (including phenoxy) is 1. The van der Waals surface area contributed by atoms with Gasteiger partial charge in [0.05, 0.1) is 34.9 Å². The summed E-state index contributed by atoms with van der Waals surface area (Å²) in [4.78, 5) is 20.4. The minimum absolute atomic E-state index is 0.276. The fourth-order valence-electron chi connectivity index (χ4n) is 4.95. The van der Waals surface area contributed by atoms with Gasteiger partial charge in [-0.25, -0.2) is 18.1 Å². The quantitative estimate of drug-likeness (QED) is 0.364. The maximum absolute atomic E-state index is 13.6. The first kappa shape index (κ1) is 27.9. The second-order valence-electron chi connectivity index (χ2n) is 10.3. The number of anilines is 4. The van der Waals surface area contributed by atoms with Gasteiger partial charge in [0, 0.05) is 38.6 Å². The summed E-state index contributed by atoms with van der Waals surface area (Å²) in [5.41, 5.74) is 1.81. The molecule has 12 nitrogen and oxygen atoms in total. The van der Waals surface area contributed by atoms with Crippen molar-refractivity contribution in [3.63, 3.8) is 0 Å². The van der Waals surface area contributed by atoms with E-state index in [0.29, 0.717) is 54.8 Å². The number of hydrogen-bond acceptors (Lipinski definition) is 9. The van der Waals surface area contributed by atoms with Crippen LogP contribution in [0, 0.1) is 0 Å². The van der Waals surface area contributed by atoms with Gasteiger partial charge < -0.3 is 25.4 Å². The first-order chi connectivity index (χ1) is 19.3. The molecule has 4 N–H and O–H groups in total. The number of sulfonamides is 1. The van der Waals surface area contributed by atoms with Gasteiger partial charge in [0.1, 0.15) is 11.5 Å².